The summed E-state index contributed by atoms with van der Waals surface area (Å²) in [6, 6.07) is 0. The summed E-state index contributed by atoms with van der Waals surface area (Å²) in [4.78, 5) is 10.2. The maximum Gasteiger partial charge on any atom is 0.0724 e. The molecule has 0 unspecified atom stereocenters. The molecule has 0 saturated heterocycles. The summed E-state index contributed by atoms with van der Waals surface area (Å²) in [6.07, 6.45) is 23.3. The summed E-state index contributed by atoms with van der Waals surface area (Å²) < 4.78 is 0. The van der Waals surface area contributed by atoms with Gasteiger partial charge in [0.15, 0.2) is 0 Å². The molecule has 3 heteroatoms. The molecule has 3 nitrogen and oxygen atoms in total. The lowest BCUT2D eigenvalue weighted by Gasteiger charge is -2.04. The zero-order chi connectivity index (χ0) is 17.2. The highest BCUT2D eigenvalue weighted by Crippen LogP contribution is 2.02. The first-order chi connectivity index (χ1) is 11.2. The molecule has 0 aliphatic rings. The normalized spacial score (nSPS) is 13.8. The van der Waals surface area contributed by atoms with Crippen molar-refractivity contribution < 1.29 is 15.0 Å². The van der Waals surface area contributed by atoms with Crippen molar-refractivity contribution in [3.63, 3.8) is 0 Å². The van der Waals surface area contributed by atoms with Gasteiger partial charge in [0.25, 0.3) is 0 Å². The molecule has 23 heavy (non-hydrogen) atoms. The minimum absolute atomic E-state index is 0.00140. The van der Waals surface area contributed by atoms with Crippen LogP contribution in [-0.4, -0.2) is 17.2 Å². The zero-order valence-corrected chi connectivity index (χ0v) is 14.3. The average molecular weight is 319 g/mol. The van der Waals surface area contributed by atoms with E-state index in [0.29, 0.717) is 12.8 Å². The highest BCUT2D eigenvalue weighted by molar-refractivity contribution is 5.64. The third-order valence-electron chi connectivity index (χ3n) is 3.31. The van der Waals surface area contributed by atoms with Crippen LogP contribution >= 0.6 is 0 Å². The van der Waals surface area contributed by atoms with Crippen LogP contribution in [0.1, 0.15) is 64.7 Å². The van der Waals surface area contributed by atoms with Crippen molar-refractivity contribution in [2.75, 3.05) is 0 Å². The first-order valence-electron chi connectivity index (χ1n) is 8.68. The van der Waals surface area contributed by atoms with Crippen molar-refractivity contribution in [2.45, 2.75) is 70.8 Å². The molecule has 0 aliphatic carbocycles. The fourth-order valence-corrected chi connectivity index (χ4v) is 1.98. The second kappa shape index (κ2) is 16.8. The van der Waals surface area contributed by atoms with Crippen molar-refractivity contribution in [3.8, 4) is 0 Å². The number of allylic oxidation sites excluding steroid dienone is 7. The Labute approximate surface area is 141 Å². The molecule has 130 valence electrons. The smallest absolute Gasteiger partial charge is 0.0724 e. The van der Waals surface area contributed by atoms with Gasteiger partial charge in [-0.15, -0.1) is 0 Å². The van der Waals surface area contributed by atoms with E-state index in [0.717, 1.165) is 12.8 Å². The summed E-state index contributed by atoms with van der Waals surface area (Å²) in [6.45, 7) is 2.22. The molecule has 0 rings (SSSR count). The molecule has 0 aliphatic heterocycles. The van der Waals surface area contributed by atoms with E-state index in [1.165, 1.54) is 25.7 Å². The van der Waals surface area contributed by atoms with Gasteiger partial charge >= 0.3 is 0 Å². The van der Waals surface area contributed by atoms with Gasteiger partial charge in [0.1, 0.15) is 0 Å². The first kappa shape index (κ1) is 21.4. The monoisotopic (exact) mass is 319 g/mol. The Kier molecular flexibility index (Phi) is 15.6. The predicted molar refractivity (Wildman–Crippen MR) is 94.8 cm³/mol. The molecule has 0 aromatic heterocycles. The van der Waals surface area contributed by atoms with Gasteiger partial charge in [0, 0.05) is 5.97 Å². The van der Waals surface area contributed by atoms with E-state index in [2.05, 4.69) is 31.2 Å². The van der Waals surface area contributed by atoms with Crippen LogP contribution in [0.2, 0.25) is 0 Å². The first-order valence-corrected chi connectivity index (χ1v) is 8.68. The Morgan fingerprint density at radius 2 is 1.70 bits per heavy atom. The summed E-state index contributed by atoms with van der Waals surface area (Å²) >= 11 is 0. The van der Waals surface area contributed by atoms with Crippen LogP contribution in [0.15, 0.2) is 48.6 Å². The van der Waals surface area contributed by atoms with Gasteiger partial charge in [-0.2, -0.15) is 0 Å². The van der Waals surface area contributed by atoms with Crippen LogP contribution in [0.4, 0.5) is 0 Å². The Morgan fingerprint density at radius 1 is 1.00 bits per heavy atom. The number of rotatable bonds is 14. The van der Waals surface area contributed by atoms with Crippen LogP contribution in [0.25, 0.3) is 0 Å². The van der Waals surface area contributed by atoms with Crippen LogP contribution in [-0.2, 0) is 4.79 Å². The lowest BCUT2D eigenvalue weighted by molar-refractivity contribution is -0.305. The topological polar surface area (TPSA) is 60.4 Å². The van der Waals surface area contributed by atoms with E-state index in [9.17, 15) is 15.0 Å². The zero-order valence-electron chi connectivity index (χ0n) is 14.3. The van der Waals surface area contributed by atoms with Gasteiger partial charge in [-0.05, 0) is 44.9 Å². The van der Waals surface area contributed by atoms with E-state index < -0.39 is 12.1 Å². The van der Waals surface area contributed by atoms with E-state index in [-0.39, 0.29) is 6.42 Å². The minimum Gasteiger partial charge on any atom is -0.550 e. The number of carboxylic acids is 1. The van der Waals surface area contributed by atoms with E-state index in [1.54, 1.807) is 12.2 Å². The number of carbonyl (C=O) groups excluding carboxylic acids is 1. The molecule has 0 aromatic carbocycles. The number of hydrogen-bond donors (Lipinski definition) is 1. The number of unbranched alkanes of at least 4 members (excludes halogenated alkanes) is 3. The summed E-state index contributed by atoms with van der Waals surface area (Å²) in [7, 11) is 0. The van der Waals surface area contributed by atoms with Gasteiger partial charge in [-0.1, -0.05) is 68.4 Å². The number of hydrogen-bond acceptors (Lipinski definition) is 3. The molecule has 0 heterocycles. The second-order valence-corrected chi connectivity index (χ2v) is 5.55. The molecule has 1 atom stereocenters. The van der Waals surface area contributed by atoms with Gasteiger partial charge in [0.2, 0.25) is 0 Å². The molecule has 0 fully saturated rings. The Morgan fingerprint density at radius 3 is 2.39 bits per heavy atom. The fraction of sp³-hybridized carbons (Fsp3) is 0.550. The van der Waals surface area contributed by atoms with Crippen molar-refractivity contribution >= 4 is 5.97 Å². The maximum atomic E-state index is 10.2. The van der Waals surface area contributed by atoms with Crippen molar-refractivity contribution in [1.29, 1.82) is 0 Å². The lowest BCUT2D eigenvalue weighted by atomic mass is 10.1. The van der Waals surface area contributed by atoms with Crippen LogP contribution in [0.5, 0.6) is 0 Å². The fourth-order valence-electron chi connectivity index (χ4n) is 1.98. The molecule has 0 aromatic rings. The van der Waals surface area contributed by atoms with E-state index in [4.69, 9.17) is 0 Å². The van der Waals surface area contributed by atoms with E-state index >= 15 is 0 Å². The largest absolute Gasteiger partial charge is 0.550 e. The van der Waals surface area contributed by atoms with Gasteiger partial charge in [-0.25, -0.2) is 0 Å². The number of aliphatic carboxylic acids is 1. The number of aliphatic hydroxyl groups excluding tert-OH is 1. The van der Waals surface area contributed by atoms with Crippen molar-refractivity contribution in [3.05, 3.63) is 48.6 Å². The van der Waals surface area contributed by atoms with Gasteiger partial charge in [-0.3, -0.25) is 0 Å². The Bertz CT molecular complexity index is 392. The standard InChI is InChI=1S/C20H32O3/c1-2-3-4-5-6-7-8-9-10-11-12-13-14-16-19(21)17-15-18-20(22)23/h6-7,9-10,12-14,16,19,21H,2-5,8,11,15,17-18H2,1H3,(H,22,23)/p-1/b7-6-,10-9-,13-12-,16-14+/t19-/m1/s1. The highest BCUT2D eigenvalue weighted by atomic mass is 16.4. The molecular weight excluding hydrogens is 288 g/mol. The molecule has 1 N–H and O–H groups in total. The highest BCUT2D eigenvalue weighted by Gasteiger charge is 1.97. The maximum absolute atomic E-state index is 10.2. The molecule has 0 radical (unpaired) electrons. The average Bonchev–Trinajstić information content (AvgIpc) is 2.51. The summed E-state index contributed by atoms with van der Waals surface area (Å²) in [5.74, 6) is -1.07. The third-order valence-corrected chi connectivity index (χ3v) is 3.31. The summed E-state index contributed by atoms with van der Waals surface area (Å²) in [5.41, 5.74) is 0. The van der Waals surface area contributed by atoms with Gasteiger partial charge < -0.3 is 15.0 Å². The lowest BCUT2D eigenvalue weighted by Crippen LogP contribution is -2.22. The minimum atomic E-state index is -1.07. The van der Waals surface area contributed by atoms with Crippen LogP contribution in [0, 0.1) is 0 Å². The summed E-state index contributed by atoms with van der Waals surface area (Å²) in [5, 5.41) is 19.8. The SMILES string of the molecule is CCCCC/C=C\C/C=C\C/C=C\C=C\[C@@H](O)CCCC(=O)[O-]. The molecule has 0 saturated carbocycles. The number of aliphatic hydroxyl groups is 1. The second-order valence-electron chi connectivity index (χ2n) is 5.55. The number of carboxylic acid groups (broad SMARTS) is 1. The van der Waals surface area contributed by atoms with Gasteiger partial charge in [0.05, 0.1) is 6.10 Å². The van der Waals surface area contributed by atoms with Crippen molar-refractivity contribution in [2.24, 2.45) is 0 Å². The van der Waals surface area contributed by atoms with Crippen molar-refractivity contribution in [1.82, 2.24) is 0 Å². The quantitative estimate of drug-likeness (QED) is 0.300. The molecule has 0 spiro atoms. The van der Waals surface area contributed by atoms with Crippen LogP contribution < -0.4 is 5.11 Å². The third kappa shape index (κ3) is 18.3. The Balaban J connectivity index is 3.59. The molecule has 0 amide bonds. The number of carbonyl (C=O) groups is 1. The van der Waals surface area contributed by atoms with E-state index in [1.807, 2.05) is 12.2 Å². The van der Waals surface area contributed by atoms with Crippen LogP contribution in [0.3, 0.4) is 0 Å². The molecular formula is C20H31O3-. The molecule has 0 bridgehead atoms. The Hall–Kier alpha value is -1.61. The predicted octanol–water partition coefficient (Wildman–Crippen LogP) is 3.85.